The molecule has 0 aliphatic rings. The minimum Gasteiger partial charge on any atom is -0.321 e. The second kappa shape index (κ2) is 6.72. The molecule has 3 aromatic carbocycles. The molecule has 0 radical (unpaired) electrons. The minimum atomic E-state index is -0.510. The first-order valence-electron chi connectivity index (χ1n) is 8.19. The summed E-state index contributed by atoms with van der Waals surface area (Å²) in [4.78, 5) is 27.5. The van der Waals surface area contributed by atoms with Crippen molar-refractivity contribution in [3.05, 3.63) is 95.1 Å². The quantitative estimate of drug-likeness (QED) is 0.437. The molecule has 1 aromatic heterocycles. The van der Waals surface area contributed by atoms with Gasteiger partial charge in [0.2, 0.25) is 0 Å². The van der Waals surface area contributed by atoms with E-state index in [1.54, 1.807) is 18.3 Å². The number of nitrogens with one attached hydrogen (secondary N) is 1. The number of nitro benzene ring substituents is 1. The highest BCUT2D eigenvalue weighted by molar-refractivity contribution is 6.09. The molecule has 0 saturated carbocycles. The number of rotatable bonds is 4. The van der Waals surface area contributed by atoms with E-state index >= 15 is 0 Å². The van der Waals surface area contributed by atoms with Crippen molar-refractivity contribution >= 4 is 28.1 Å². The molecule has 0 aliphatic carbocycles. The van der Waals surface area contributed by atoms with Gasteiger partial charge in [0.05, 0.1) is 11.3 Å². The van der Waals surface area contributed by atoms with Gasteiger partial charge in [-0.05, 0) is 23.6 Å². The second-order valence-electron chi connectivity index (χ2n) is 5.91. The maximum Gasteiger partial charge on any atom is 0.294 e. The van der Waals surface area contributed by atoms with E-state index in [4.69, 9.17) is 0 Å². The Balaban J connectivity index is 1.70. The lowest BCUT2D eigenvalue weighted by Crippen LogP contribution is -2.13. The summed E-state index contributed by atoms with van der Waals surface area (Å²) in [5, 5.41) is 16.2. The first-order chi connectivity index (χ1) is 13.1. The van der Waals surface area contributed by atoms with Crippen molar-refractivity contribution in [2.24, 2.45) is 0 Å². The maximum atomic E-state index is 12.7. The van der Waals surface area contributed by atoms with Crippen LogP contribution in [0.1, 0.15) is 10.4 Å². The summed E-state index contributed by atoms with van der Waals surface area (Å²) in [6.07, 6.45) is 4.61. The lowest BCUT2D eigenvalue weighted by Gasteiger charge is -2.10. The molecular formula is C20H14N4O3. The number of imidazole rings is 1. The molecule has 27 heavy (non-hydrogen) atoms. The number of hydrogen-bond acceptors (Lipinski definition) is 4. The first kappa shape index (κ1) is 16.5. The fraction of sp³-hybridized carbons (Fsp3) is 0. The van der Waals surface area contributed by atoms with Crippen molar-refractivity contribution in [2.75, 3.05) is 5.32 Å². The Morgan fingerprint density at radius 2 is 1.89 bits per heavy atom. The Bertz CT molecular complexity index is 1150. The second-order valence-corrected chi connectivity index (χ2v) is 5.91. The Hall–Kier alpha value is -4.00. The Morgan fingerprint density at radius 1 is 1.07 bits per heavy atom. The van der Waals surface area contributed by atoms with Crippen molar-refractivity contribution in [3.8, 4) is 5.69 Å². The number of amides is 1. The predicted molar refractivity (Wildman–Crippen MR) is 102 cm³/mol. The predicted octanol–water partition coefficient (Wildman–Crippen LogP) is 4.19. The summed E-state index contributed by atoms with van der Waals surface area (Å²) in [5.74, 6) is -0.411. The number of anilines is 1. The number of carbonyl (C=O) groups excluding carboxylic acids is 1. The van der Waals surface area contributed by atoms with Crippen LogP contribution in [0.5, 0.6) is 0 Å². The molecule has 7 nitrogen and oxygen atoms in total. The topological polar surface area (TPSA) is 90.1 Å². The number of carbonyl (C=O) groups is 1. The fourth-order valence-electron chi connectivity index (χ4n) is 2.96. The third-order valence-electron chi connectivity index (χ3n) is 4.25. The number of aromatic nitrogens is 2. The summed E-state index contributed by atoms with van der Waals surface area (Å²) in [6.45, 7) is 0. The molecule has 0 aliphatic heterocycles. The molecular weight excluding hydrogens is 344 g/mol. The fourth-order valence-corrected chi connectivity index (χ4v) is 2.96. The monoisotopic (exact) mass is 358 g/mol. The van der Waals surface area contributed by atoms with Crippen LogP contribution >= 0.6 is 0 Å². The van der Waals surface area contributed by atoms with Crippen LogP contribution in [0, 0.1) is 10.1 Å². The summed E-state index contributed by atoms with van der Waals surface area (Å²) in [6, 6.07) is 17.7. The molecule has 1 heterocycles. The molecule has 1 amide bonds. The summed E-state index contributed by atoms with van der Waals surface area (Å²) in [5.41, 5.74) is 1.04. The molecule has 0 atom stereocenters. The highest BCUT2D eigenvalue weighted by Gasteiger charge is 2.19. The normalized spacial score (nSPS) is 10.7. The van der Waals surface area contributed by atoms with Gasteiger partial charge in [-0.1, -0.05) is 36.4 Å². The first-order valence-corrected chi connectivity index (χ1v) is 8.19. The van der Waals surface area contributed by atoms with Gasteiger partial charge in [0.1, 0.15) is 5.69 Å². The molecule has 1 N–H and O–H groups in total. The van der Waals surface area contributed by atoms with Crippen molar-refractivity contribution in [1.82, 2.24) is 9.55 Å². The lowest BCUT2D eigenvalue weighted by molar-refractivity contribution is -0.384. The van der Waals surface area contributed by atoms with Crippen molar-refractivity contribution in [2.45, 2.75) is 0 Å². The zero-order valence-corrected chi connectivity index (χ0v) is 14.1. The third kappa shape index (κ3) is 3.13. The largest absolute Gasteiger partial charge is 0.321 e. The van der Waals surface area contributed by atoms with Gasteiger partial charge in [0.15, 0.2) is 0 Å². The van der Waals surface area contributed by atoms with Gasteiger partial charge in [0.25, 0.3) is 11.6 Å². The van der Waals surface area contributed by atoms with Crippen LogP contribution < -0.4 is 5.32 Å². The molecule has 132 valence electrons. The number of hydrogen-bond donors (Lipinski definition) is 1. The highest BCUT2D eigenvalue weighted by atomic mass is 16.6. The van der Waals surface area contributed by atoms with E-state index in [-0.39, 0.29) is 11.3 Å². The minimum absolute atomic E-state index is 0.168. The van der Waals surface area contributed by atoms with Crippen LogP contribution in [0.3, 0.4) is 0 Å². The van der Waals surface area contributed by atoms with E-state index in [0.717, 1.165) is 10.8 Å². The van der Waals surface area contributed by atoms with Crippen LogP contribution in [0.25, 0.3) is 16.5 Å². The lowest BCUT2D eigenvalue weighted by atomic mass is 10.1. The van der Waals surface area contributed by atoms with E-state index in [2.05, 4.69) is 10.3 Å². The zero-order valence-electron chi connectivity index (χ0n) is 14.1. The van der Waals surface area contributed by atoms with Crippen LogP contribution in [0.2, 0.25) is 0 Å². The Labute approximate surface area is 154 Å². The SMILES string of the molecule is O=C(Nc1cccc2ccccc12)c1ccc(-n2ccnc2)c([N+](=O)[O-])c1. The Kier molecular flexibility index (Phi) is 4.10. The van der Waals surface area contributed by atoms with Gasteiger partial charge in [-0.2, -0.15) is 0 Å². The van der Waals surface area contributed by atoms with E-state index in [0.29, 0.717) is 11.4 Å². The van der Waals surface area contributed by atoms with Crippen LogP contribution in [0.4, 0.5) is 11.4 Å². The summed E-state index contributed by atoms with van der Waals surface area (Å²) >= 11 is 0. The standard InChI is InChI=1S/C20H14N4O3/c25-20(22-17-7-3-5-14-4-1-2-6-16(14)17)15-8-9-18(19(12-15)24(26)27)23-11-10-21-13-23/h1-13H,(H,22,25). The molecule has 4 aromatic rings. The maximum absolute atomic E-state index is 12.7. The number of nitrogens with zero attached hydrogens (tertiary/aromatic N) is 3. The van der Waals surface area contributed by atoms with Gasteiger partial charge < -0.3 is 9.88 Å². The number of nitro groups is 1. The zero-order chi connectivity index (χ0) is 18.8. The third-order valence-corrected chi connectivity index (χ3v) is 4.25. The highest BCUT2D eigenvalue weighted by Crippen LogP contribution is 2.26. The van der Waals surface area contributed by atoms with Gasteiger partial charge in [0, 0.05) is 35.1 Å². The van der Waals surface area contributed by atoms with Crippen molar-refractivity contribution < 1.29 is 9.72 Å². The Morgan fingerprint density at radius 3 is 2.67 bits per heavy atom. The average Bonchev–Trinajstić information content (AvgIpc) is 3.22. The summed E-state index contributed by atoms with van der Waals surface area (Å²) < 4.78 is 1.53. The van der Waals surface area contributed by atoms with Gasteiger partial charge in [-0.15, -0.1) is 0 Å². The molecule has 0 spiro atoms. The van der Waals surface area contributed by atoms with E-state index in [1.165, 1.54) is 29.2 Å². The molecule has 0 fully saturated rings. The van der Waals surface area contributed by atoms with Crippen LogP contribution in [-0.4, -0.2) is 20.4 Å². The van der Waals surface area contributed by atoms with E-state index in [1.807, 2.05) is 36.4 Å². The van der Waals surface area contributed by atoms with Crippen LogP contribution in [0.15, 0.2) is 79.4 Å². The van der Waals surface area contributed by atoms with Crippen molar-refractivity contribution in [3.63, 3.8) is 0 Å². The smallest absolute Gasteiger partial charge is 0.294 e. The number of fused-ring (bicyclic) bond motifs is 1. The molecule has 4 rings (SSSR count). The summed E-state index contributed by atoms with van der Waals surface area (Å²) in [7, 11) is 0. The van der Waals surface area contributed by atoms with Gasteiger partial charge >= 0.3 is 0 Å². The van der Waals surface area contributed by atoms with E-state index < -0.39 is 10.8 Å². The van der Waals surface area contributed by atoms with Gasteiger partial charge in [-0.25, -0.2) is 4.98 Å². The average molecular weight is 358 g/mol. The van der Waals surface area contributed by atoms with Crippen LogP contribution in [-0.2, 0) is 0 Å². The van der Waals surface area contributed by atoms with Gasteiger partial charge in [-0.3, -0.25) is 14.9 Å². The van der Waals surface area contributed by atoms with Crippen molar-refractivity contribution in [1.29, 1.82) is 0 Å². The molecule has 7 heteroatoms. The number of benzene rings is 3. The molecule has 0 saturated heterocycles. The molecule has 0 bridgehead atoms. The molecule has 0 unspecified atom stereocenters. The van der Waals surface area contributed by atoms with E-state index in [9.17, 15) is 14.9 Å².